The average Bonchev–Trinajstić information content (AvgIpc) is 2.39. The van der Waals surface area contributed by atoms with Crippen LogP contribution in [0.3, 0.4) is 0 Å². The van der Waals surface area contributed by atoms with Crippen molar-refractivity contribution in [1.29, 1.82) is 0 Å². The van der Waals surface area contributed by atoms with Gasteiger partial charge in [0.15, 0.2) is 0 Å². The van der Waals surface area contributed by atoms with Gasteiger partial charge in [-0.25, -0.2) is 4.79 Å². The third-order valence-electron chi connectivity index (χ3n) is 4.55. The average molecular weight is 297 g/mol. The molecule has 0 saturated carbocycles. The number of nitrogens with one attached hydrogen (secondary N) is 1. The minimum atomic E-state index is -0.782. The monoisotopic (exact) mass is 297 g/mol. The summed E-state index contributed by atoms with van der Waals surface area (Å²) in [5, 5.41) is 11.6. The van der Waals surface area contributed by atoms with Crippen molar-refractivity contribution in [2.75, 3.05) is 32.7 Å². The van der Waals surface area contributed by atoms with Crippen LogP contribution in [0, 0.1) is 5.92 Å². The summed E-state index contributed by atoms with van der Waals surface area (Å²) in [6.07, 6.45) is 5.04. The van der Waals surface area contributed by atoms with Crippen LogP contribution in [0.2, 0.25) is 0 Å². The lowest BCUT2D eigenvalue weighted by Gasteiger charge is -2.38. The number of amides is 2. The number of likely N-dealkylation sites (tertiary alicyclic amines) is 2. The molecule has 21 heavy (non-hydrogen) atoms. The van der Waals surface area contributed by atoms with E-state index < -0.39 is 5.97 Å². The molecule has 2 aliphatic heterocycles. The standard InChI is InChI=1S/C15H27N3O3/c1-12-5-2-3-7-17(12)8-4-6-16-15(21)18-10-13(11-18)9-14(19)20/h12-13H,2-11H2,1H3,(H,16,21)(H,19,20). The second-order valence-electron chi connectivity index (χ2n) is 6.34. The zero-order valence-corrected chi connectivity index (χ0v) is 12.9. The second kappa shape index (κ2) is 7.64. The molecule has 120 valence electrons. The zero-order chi connectivity index (χ0) is 15.2. The molecular weight excluding hydrogens is 270 g/mol. The van der Waals surface area contributed by atoms with E-state index in [1.807, 2.05) is 0 Å². The maximum Gasteiger partial charge on any atom is 0.317 e. The molecule has 0 aromatic carbocycles. The lowest BCUT2D eigenvalue weighted by molar-refractivity contribution is -0.139. The molecule has 2 N–H and O–H groups in total. The smallest absolute Gasteiger partial charge is 0.317 e. The van der Waals surface area contributed by atoms with Gasteiger partial charge in [0.25, 0.3) is 0 Å². The number of rotatable bonds is 6. The Kier molecular flexibility index (Phi) is 5.85. The normalized spacial score (nSPS) is 23.7. The molecule has 0 aliphatic carbocycles. The summed E-state index contributed by atoms with van der Waals surface area (Å²) < 4.78 is 0. The molecular formula is C15H27N3O3. The van der Waals surface area contributed by atoms with Crippen molar-refractivity contribution in [3.8, 4) is 0 Å². The predicted molar refractivity (Wildman–Crippen MR) is 80.2 cm³/mol. The minimum Gasteiger partial charge on any atom is -0.481 e. The molecule has 0 aromatic heterocycles. The molecule has 2 heterocycles. The molecule has 1 unspecified atom stereocenters. The van der Waals surface area contributed by atoms with Crippen LogP contribution in [0.1, 0.15) is 39.0 Å². The van der Waals surface area contributed by atoms with Crippen LogP contribution in [-0.2, 0) is 4.79 Å². The van der Waals surface area contributed by atoms with Crippen molar-refractivity contribution in [2.24, 2.45) is 5.92 Å². The fourth-order valence-electron chi connectivity index (χ4n) is 3.19. The summed E-state index contributed by atoms with van der Waals surface area (Å²) >= 11 is 0. The van der Waals surface area contributed by atoms with Crippen LogP contribution in [0.4, 0.5) is 4.79 Å². The molecule has 0 spiro atoms. The predicted octanol–water partition coefficient (Wildman–Crippen LogP) is 1.37. The molecule has 0 aromatic rings. The highest BCUT2D eigenvalue weighted by atomic mass is 16.4. The molecule has 0 bridgehead atoms. The van der Waals surface area contributed by atoms with Gasteiger partial charge in [-0.1, -0.05) is 6.42 Å². The van der Waals surface area contributed by atoms with E-state index in [4.69, 9.17) is 5.11 Å². The Morgan fingerprint density at radius 1 is 1.29 bits per heavy atom. The maximum atomic E-state index is 11.8. The van der Waals surface area contributed by atoms with Crippen molar-refractivity contribution in [1.82, 2.24) is 15.1 Å². The first kappa shape index (κ1) is 16.1. The second-order valence-corrected chi connectivity index (χ2v) is 6.34. The Balaban J connectivity index is 1.53. The van der Waals surface area contributed by atoms with E-state index in [1.54, 1.807) is 4.90 Å². The fraction of sp³-hybridized carbons (Fsp3) is 0.867. The van der Waals surface area contributed by atoms with Gasteiger partial charge in [-0.2, -0.15) is 0 Å². The highest BCUT2D eigenvalue weighted by molar-refractivity contribution is 5.75. The molecule has 0 radical (unpaired) electrons. The Hall–Kier alpha value is -1.30. The molecule has 2 amide bonds. The number of carbonyl (C=O) groups is 2. The lowest BCUT2D eigenvalue weighted by atomic mass is 9.97. The number of carbonyl (C=O) groups excluding carboxylic acids is 1. The number of hydrogen-bond donors (Lipinski definition) is 2. The van der Waals surface area contributed by atoms with Crippen LogP contribution in [0.25, 0.3) is 0 Å². The summed E-state index contributed by atoms with van der Waals surface area (Å²) in [4.78, 5) is 26.6. The molecule has 1 atom stereocenters. The summed E-state index contributed by atoms with van der Waals surface area (Å²) in [7, 11) is 0. The van der Waals surface area contributed by atoms with E-state index in [1.165, 1.54) is 25.8 Å². The van der Waals surface area contributed by atoms with Gasteiger partial charge in [0.05, 0.1) is 6.42 Å². The van der Waals surface area contributed by atoms with E-state index in [-0.39, 0.29) is 18.4 Å². The summed E-state index contributed by atoms with van der Waals surface area (Å²) in [6.45, 7) is 6.34. The van der Waals surface area contributed by atoms with Crippen LogP contribution in [0.15, 0.2) is 0 Å². The number of aliphatic carboxylic acids is 1. The van der Waals surface area contributed by atoms with Gasteiger partial charge in [-0.05, 0) is 32.7 Å². The Morgan fingerprint density at radius 3 is 2.71 bits per heavy atom. The van der Waals surface area contributed by atoms with Crippen molar-refractivity contribution in [3.05, 3.63) is 0 Å². The lowest BCUT2D eigenvalue weighted by Crippen LogP contribution is -2.54. The largest absolute Gasteiger partial charge is 0.481 e. The van der Waals surface area contributed by atoms with Crippen molar-refractivity contribution >= 4 is 12.0 Å². The summed E-state index contributed by atoms with van der Waals surface area (Å²) in [5.74, 6) is -0.654. The van der Waals surface area contributed by atoms with Crippen molar-refractivity contribution in [3.63, 3.8) is 0 Å². The highest BCUT2D eigenvalue weighted by Gasteiger charge is 2.31. The van der Waals surface area contributed by atoms with E-state index in [9.17, 15) is 9.59 Å². The first-order chi connectivity index (χ1) is 10.1. The topological polar surface area (TPSA) is 72.9 Å². The molecule has 6 heteroatoms. The van der Waals surface area contributed by atoms with E-state index >= 15 is 0 Å². The van der Waals surface area contributed by atoms with E-state index in [2.05, 4.69) is 17.1 Å². The number of nitrogens with zero attached hydrogens (tertiary/aromatic N) is 2. The molecule has 2 saturated heterocycles. The number of hydrogen-bond acceptors (Lipinski definition) is 3. The Labute approximate surface area is 126 Å². The third kappa shape index (κ3) is 4.88. The highest BCUT2D eigenvalue weighted by Crippen LogP contribution is 2.19. The molecule has 2 rings (SSSR count). The van der Waals surface area contributed by atoms with Crippen molar-refractivity contribution < 1.29 is 14.7 Å². The quantitative estimate of drug-likeness (QED) is 0.726. The Bertz CT molecular complexity index is 369. The van der Waals surface area contributed by atoms with Crippen LogP contribution >= 0.6 is 0 Å². The van der Waals surface area contributed by atoms with Crippen molar-refractivity contribution in [2.45, 2.75) is 45.1 Å². The van der Waals surface area contributed by atoms with Gasteiger partial charge < -0.3 is 20.2 Å². The van der Waals surface area contributed by atoms with Gasteiger partial charge in [-0.15, -0.1) is 0 Å². The van der Waals surface area contributed by atoms with Gasteiger partial charge in [-0.3, -0.25) is 4.79 Å². The number of piperidine rings is 1. The zero-order valence-electron chi connectivity index (χ0n) is 12.9. The molecule has 2 aliphatic rings. The van der Waals surface area contributed by atoms with Gasteiger partial charge in [0.2, 0.25) is 0 Å². The molecule has 2 fully saturated rings. The van der Waals surface area contributed by atoms with Gasteiger partial charge >= 0.3 is 12.0 Å². The van der Waals surface area contributed by atoms with E-state index in [0.717, 1.165) is 13.0 Å². The fourth-order valence-corrected chi connectivity index (χ4v) is 3.19. The first-order valence-corrected chi connectivity index (χ1v) is 8.05. The van der Waals surface area contributed by atoms with Crippen LogP contribution < -0.4 is 5.32 Å². The van der Waals surface area contributed by atoms with E-state index in [0.29, 0.717) is 25.7 Å². The van der Waals surface area contributed by atoms with Crippen LogP contribution in [0.5, 0.6) is 0 Å². The van der Waals surface area contributed by atoms with Gasteiger partial charge in [0.1, 0.15) is 0 Å². The SMILES string of the molecule is CC1CCCCN1CCCNC(=O)N1CC(CC(=O)O)C1. The minimum absolute atomic E-state index is 0.0525. The first-order valence-electron chi connectivity index (χ1n) is 8.05. The maximum absolute atomic E-state index is 11.8. The third-order valence-corrected chi connectivity index (χ3v) is 4.55. The van der Waals surface area contributed by atoms with Crippen LogP contribution in [-0.4, -0.2) is 65.7 Å². The van der Waals surface area contributed by atoms with Gasteiger partial charge in [0, 0.05) is 38.1 Å². The number of urea groups is 1. The summed E-state index contributed by atoms with van der Waals surface area (Å²) in [5.41, 5.74) is 0. The number of carboxylic acids is 1. The Morgan fingerprint density at radius 2 is 2.05 bits per heavy atom. The molecule has 6 nitrogen and oxygen atoms in total. The number of carboxylic acid groups (broad SMARTS) is 1. The summed E-state index contributed by atoms with van der Waals surface area (Å²) in [6, 6.07) is 0.616.